The molecule has 0 saturated carbocycles. The normalized spacial score (nSPS) is 11.0. The van der Waals surface area contributed by atoms with Crippen LogP contribution in [0.25, 0.3) is 4.96 Å². The summed E-state index contributed by atoms with van der Waals surface area (Å²) in [5.74, 6) is -1.13. The number of halogens is 2. The Morgan fingerprint density at radius 1 is 1.33 bits per heavy atom. The van der Waals surface area contributed by atoms with E-state index in [9.17, 15) is 18.4 Å². The maximum absolute atomic E-state index is 12.4. The molecular formula is C15H10F2N2O4S. The zero-order chi connectivity index (χ0) is 17.1. The average Bonchev–Trinajstić information content (AvgIpc) is 3.01. The van der Waals surface area contributed by atoms with Gasteiger partial charge in [0.25, 0.3) is 5.56 Å². The minimum atomic E-state index is -3.05. The Hall–Kier alpha value is -2.81. The Morgan fingerprint density at radius 2 is 2.12 bits per heavy atom. The van der Waals surface area contributed by atoms with Gasteiger partial charge in [0, 0.05) is 17.6 Å². The summed E-state index contributed by atoms with van der Waals surface area (Å²) in [6.45, 7) is -3.31. The van der Waals surface area contributed by atoms with Crippen LogP contribution in [-0.2, 0) is 11.3 Å². The van der Waals surface area contributed by atoms with Gasteiger partial charge in [-0.15, -0.1) is 11.3 Å². The van der Waals surface area contributed by atoms with Gasteiger partial charge in [0.1, 0.15) is 17.9 Å². The molecule has 0 spiro atoms. The minimum absolute atomic E-state index is 0.133. The number of rotatable bonds is 5. The number of carbonyl (C=O) groups excluding carboxylic acids is 1. The van der Waals surface area contributed by atoms with E-state index in [4.69, 9.17) is 4.74 Å². The standard InChI is InChI=1S/C15H10F2N2O4S/c16-14(17)23-11-4-2-1-3-10(11)13(21)22-8-9-7-12(20)19-5-6-24-15(19)18-9/h1-7,14H,8H2. The monoisotopic (exact) mass is 352 g/mol. The number of nitrogens with zero attached hydrogens (tertiary/aromatic N) is 2. The molecular weight excluding hydrogens is 342 g/mol. The number of fused-ring (bicyclic) bond motifs is 1. The molecule has 0 aliphatic carbocycles. The Morgan fingerprint density at radius 3 is 2.92 bits per heavy atom. The van der Waals surface area contributed by atoms with Crippen molar-refractivity contribution in [2.75, 3.05) is 0 Å². The summed E-state index contributed by atoms with van der Waals surface area (Å²) < 4.78 is 35.4. The summed E-state index contributed by atoms with van der Waals surface area (Å²) in [5, 5.41) is 1.71. The Kier molecular flexibility index (Phi) is 4.52. The second-order valence-electron chi connectivity index (χ2n) is 4.59. The summed E-state index contributed by atoms with van der Waals surface area (Å²) in [4.78, 5) is 28.6. The number of esters is 1. The molecule has 0 radical (unpaired) electrons. The van der Waals surface area contributed by atoms with Crippen molar-refractivity contribution in [2.45, 2.75) is 13.2 Å². The highest BCUT2D eigenvalue weighted by Gasteiger charge is 2.17. The summed E-state index contributed by atoms with van der Waals surface area (Å²) in [6.07, 6.45) is 1.59. The van der Waals surface area contributed by atoms with Crippen LogP contribution in [0.5, 0.6) is 5.75 Å². The maximum atomic E-state index is 12.4. The van der Waals surface area contributed by atoms with E-state index in [0.29, 0.717) is 4.96 Å². The van der Waals surface area contributed by atoms with Gasteiger partial charge in [0.05, 0.1) is 5.69 Å². The molecule has 0 N–H and O–H groups in total. The zero-order valence-electron chi connectivity index (χ0n) is 12.0. The van der Waals surface area contributed by atoms with Gasteiger partial charge in [-0.25, -0.2) is 9.78 Å². The van der Waals surface area contributed by atoms with E-state index >= 15 is 0 Å². The summed E-state index contributed by atoms with van der Waals surface area (Å²) >= 11 is 1.26. The van der Waals surface area contributed by atoms with Gasteiger partial charge in [-0.05, 0) is 12.1 Å². The third-order valence-corrected chi connectivity index (χ3v) is 3.79. The van der Waals surface area contributed by atoms with Crippen molar-refractivity contribution in [3.63, 3.8) is 0 Å². The number of carbonyl (C=O) groups is 1. The molecule has 0 bridgehead atoms. The predicted octanol–water partition coefficient (Wildman–Crippen LogP) is 2.71. The van der Waals surface area contributed by atoms with Crippen LogP contribution in [0, 0.1) is 0 Å². The molecule has 2 aromatic heterocycles. The quantitative estimate of drug-likeness (QED) is 0.661. The molecule has 0 atom stereocenters. The number of aromatic nitrogens is 2. The fourth-order valence-electron chi connectivity index (χ4n) is 2.01. The zero-order valence-corrected chi connectivity index (χ0v) is 12.8. The SMILES string of the molecule is O=C(OCc1cc(=O)n2ccsc2n1)c1ccccc1OC(F)F. The first-order chi connectivity index (χ1) is 11.5. The van der Waals surface area contributed by atoms with E-state index in [2.05, 4.69) is 9.72 Å². The molecule has 6 nitrogen and oxygen atoms in total. The van der Waals surface area contributed by atoms with Crippen LogP contribution in [0.4, 0.5) is 8.78 Å². The number of ether oxygens (including phenoxy) is 2. The molecule has 24 heavy (non-hydrogen) atoms. The first kappa shape index (κ1) is 16.1. The molecule has 124 valence electrons. The van der Waals surface area contributed by atoms with Crippen LogP contribution < -0.4 is 10.3 Å². The number of hydrogen-bond donors (Lipinski definition) is 0. The molecule has 0 amide bonds. The van der Waals surface area contributed by atoms with E-state index in [1.165, 1.54) is 46.1 Å². The lowest BCUT2D eigenvalue weighted by Gasteiger charge is -2.10. The van der Waals surface area contributed by atoms with Crippen LogP contribution in [0.3, 0.4) is 0 Å². The lowest BCUT2D eigenvalue weighted by molar-refractivity contribution is -0.0505. The number of alkyl halides is 2. The lowest BCUT2D eigenvalue weighted by atomic mass is 10.2. The predicted molar refractivity (Wildman–Crippen MR) is 81.5 cm³/mol. The van der Waals surface area contributed by atoms with Gasteiger partial charge >= 0.3 is 12.6 Å². The molecule has 1 aromatic carbocycles. The van der Waals surface area contributed by atoms with Crippen molar-refractivity contribution in [1.29, 1.82) is 0 Å². The van der Waals surface area contributed by atoms with Crippen molar-refractivity contribution in [3.8, 4) is 5.75 Å². The Labute approximate surface area is 137 Å². The molecule has 0 aliphatic heterocycles. The van der Waals surface area contributed by atoms with Crippen LogP contribution in [0.2, 0.25) is 0 Å². The van der Waals surface area contributed by atoms with E-state index in [1.54, 1.807) is 11.6 Å². The fourth-order valence-corrected chi connectivity index (χ4v) is 2.75. The molecule has 3 aromatic rings. The fraction of sp³-hybridized carbons (Fsp3) is 0.133. The highest BCUT2D eigenvalue weighted by molar-refractivity contribution is 7.15. The minimum Gasteiger partial charge on any atom is -0.455 e. The van der Waals surface area contributed by atoms with Crippen molar-refractivity contribution in [2.24, 2.45) is 0 Å². The van der Waals surface area contributed by atoms with Crippen LogP contribution in [-0.4, -0.2) is 22.0 Å². The van der Waals surface area contributed by atoms with E-state index in [0.717, 1.165) is 0 Å². The molecule has 0 unspecified atom stereocenters. The summed E-state index contributed by atoms with van der Waals surface area (Å²) in [5.41, 5.74) is -0.163. The van der Waals surface area contributed by atoms with Crippen molar-refractivity contribution in [3.05, 3.63) is 63.5 Å². The van der Waals surface area contributed by atoms with Crippen molar-refractivity contribution >= 4 is 22.3 Å². The highest BCUT2D eigenvalue weighted by Crippen LogP contribution is 2.21. The Bertz CT molecular complexity index is 938. The van der Waals surface area contributed by atoms with Gasteiger partial charge in [0.15, 0.2) is 4.96 Å². The molecule has 2 heterocycles. The Balaban J connectivity index is 1.76. The van der Waals surface area contributed by atoms with Crippen molar-refractivity contribution < 1.29 is 23.0 Å². The molecule has 9 heteroatoms. The highest BCUT2D eigenvalue weighted by atomic mass is 32.1. The second-order valence-corrected chi connectivity index (χ2v) is 5.47. The molecule has 0 aliphatic rings. The van der Waals surface area contributed by atoms with Crippen LogP contribution >= 0.6 is 11.3 Å². The average molecular weight is 352 g/mol. The smallest absolute Gasteiger partial charge is 0.387 e. The third kappa shape index (κ3) is 3.40. The van der Waals surface area contributed by atoms with Gasteiger partial charge < -0.3 is 9.47 Å². The third-order valence-electron chi connectivity index (χ3n) is 3.03. The van der Waals surface area contributed by atoms with E-state index < -0.39 is 12.6 Å². The van der Waals surface area contributed by atoms with Gasteiger partial charge in [-0.1, -0.05) is 12.1 Å². The number of para-hydroxylation sites is 1. The van der Waals surface area contributed by atoms with Crippen molar-refractivity contribution in [1.82, 2.24) is 9.38 Å². The van der Waals surface area contributed by atoms with E-state index in [-0.39, 0.29) is 29.2 Å². The molecule has 0 fully saturated rings. The molecule has 3 rings (SSSR count). The number of thiazole rings is 1. The van der Waals surface area contributed by atoms with Gasteiger partial charge in [0.2, 0.25) is 0 Å². The van der Waals surface area contributed by atoms with Crippen LogP contribution in [0.15, 0.2) is 46.7 Å². The number of benzene rings is 1. The first-order valence-electron chi connectivity index (χ1n) is 6.71. The number of hydrogen-bond acceptors (Lipinski definition) is 6. The first-order valence-corrected chi connectivity index (χ1v) is 7.59. The second kappa shape index (κ2) is 6.75. The van der Waals surface area contributed by atoms with Gasteiger partial charge in [-0.3, -0.25) is 9.20 Å². The molecule has 0 saturated heterocycles. The maximum Gasteiger partial charge on any atom is 0.387 e. The van der Waals surface area contributed by atoms with E-state index in [1.807, 2.05) is 0 Å². The largest absolute Gasteiger partial charge is 0.455 e. The summed E-state index contributed by atoms with van der Waals surface area (Å²) in [7, 11) is 0. The van der Waals surface area contributed by atoms with Gasteiger partial charge in [-0.2, -0.15) is 8.78 Å². The van der Waals surface area contributed by atoms with Crippen LogP contribution in [0.1, 0.15) is 16.1 Å². The lowest BCUT2D eigenvalue weighted by Crippen LogP contribution is -2.15. The topological polar surface area (TPSA) is 69.9 Å². The summed E-state index contributed by atoms with van der Waals surface area (Å²) in [6, 6.07) is 6.75.